The molecule has 2 unspecified atom stereocenters. The first-order chi connectivity index (χ1) is 9.30. The lowest BCUT2D eigenvalue weighted by Gasteiger charge is -2.61. The van der Waals surface area contributed by atoms with Crippen LogP contribution in [0.4, 0.5) is 5.69 Å². The molecule has 1 aromatic carbocycles. The third kappa shape index (κ3) is 2.00. The number of rotatable bonds is 5. The van der Waals surface area contributed by atoms with Gasteiger partial charge in [0, 0.05) is 18.1 Å². The van der Waals surface area contributed by atoms with E-state index in [0.29, 0.717) is 17.6 Å². The highest BCUT2D eigenvalue weighted by Crippen LogP contribution is 2.58. The van der Waals surface area contributed by atoms with E-state index in [4.69, 9.17) is 9.47 Å². The Hall–Kier alpha value is -1.22. The lowest BCUT2D eigenvalue weighted by Crippen LogP contribution is -2.64. The van der Waals surface area contributed by atoms with Crippen molar-refractivity contribution >= 4 is 5.69 Å². The van der Waals surface area contributed by atoms with E-state index in [0.717, 1.165) is 24.5 Å². The fourth-order valence-electron chi connectivity index (χ4n) is 3.59. The van der Waals surface area contributed by atoms with Gasteiger partial charge < -0.3 is 14.8 Å². The molecule has 104 valence electrons. The number of para-hydroxylation sites is 2. The monoisotopic (exact) mass is 261 g/mol. The molecular formula is C16H23NO2. The molecule has 0 aliphatic heterocycles. The molecular weight excluding hydrogens is 238 g/mol. The fraction of sp³-hybridized carbons (Fsp3) is 0.625. The standard InChI is InChI=1S/C16H23NO2/c1-3-19-15-11-14(16(15)9-6-10-16)17-12-7-4-5-8-13(12)18-2/h4-5,7-8,14-15,17H,3,6,9-11H2,1-2H3. The minimum Gasteiger partial charge on any atom is -0.495 e. The van der Waals surface area contributed by atoms with E-state index in [1.807, 2.05) is 12.1 Å². The van der Waals surface area contributed by atoms with Crippen LogP contribution in [0.3, 0.4) is 0 Å². The Morgan fingerprint density at radius 3 is 2.74 bits per heavy atom. The van der Waals surface area contributed by atoms with Crippen molar-refractivity contribution in [1.29, 1.82) is 0 Å². The third-order valence-corrected chi connectivity index (χ3v) is 4.87. The van der Waals surface area contributed by atoms with Crippen LogP contribution in [0.5, 0.6) is 5.75 Å². The van der Waals surface area contributed by atoms with Crippen LogP contribution in [0.15, 0.2) is 24.3 Å². The van der Waals surface area contributed by atoms with Crippen LogP contribution < -0.4 is 10.1 Å². The number of benzene rings is 1. The van der Waals surface area contributed by atoms with E-state index < -0.39 is 0 Å². The Morgan fingerprint density at radius 2 is 2.11 bits per heavy atom. The Labute approximate surface area is 115 Å². The average Bonchev–Trinajstić information content (AvgIpc) is 2.36. The molecule has 2 aliphatic rings. The maximum Gasteiger partial charge on any atom is 0.141 e. The van der Waals surface area contributed by atoms with Crippen LogP contribution >= 0.6 is 0 Å². The highest BCUT2D eigenvalue weighted by molar-refractivity contribution is 5.57. The predicted octanol–water partition coefficient (Wildman–Crippen LogP) is 3.45. The highest BCUT2D eigenvalue weighted by atomic mass is 16.5. The van der Waals surface area contributed by atoms with Crippen LogP contribution in [0.25, 0.3) is 0 Å². The molecule has 3 nitrogen and oxygen atoms in total. The predicted molar refractivity (Wildman–Crippen MR) is 76.7 cm³/mol. The van der Waals surface area contributed by atoms with Gasteiger partial charge in [0.05, 0.1) is 18.9 Å². The van der Waals surface area contributed by atoms with Gasteiger partial charge in [-0.2, -0.15) is 0 Å². The maximum absolute atomic E-state index is 5.89. The normalized spacial score (nSPS) is 27.5. The zero-order valence-electron chi connectivity index (χ0n) is 11.8. The first-order valence-corrected chi connectivity index (χ1v) is 7.31. The molecule has 2 aliphatic carbocycles. The molecule has 0 aromatic heterocycles. The van der Waals surface area contributed by atoms with Crippen molar-refractivity contribution in [1.82, 2.24) is 0 Å². The maximum atomic E-state index is 5.89. The molecule has 1 N–H and O–H groups in total. The van der Waals surface area contributed by atoms with E-state index >= 15 is 0 Å². The molecule has 0 amide bonds. The molecule has 1 spiro atoms. The van der Waals surface area contributed by atoms with Gasteiger partial charge in [-0.05, 0) is 38.3 Å². The number of hydrogen-bond donors (Lipinski definition) is 1. The van der Waals surface area contributed by atoms with Crippen LogP contribution in [0.1, 0.15) is 32.6 Å². The van der Waals surface area contributed by atoms with Crippen molar-refractivity contribution in [3.63, 3.8) is 0 Å². The molecule has 2 fully saturated rings. The summed E-state index contributed by atoms with van der Waals surface area (Å²) in [7, 11) is 1.73. The van der Waals surface area contributed by atoms with Gasteiger partial charge in [0.2, 0.25) is 0 Å². The van der Waals surface area contributed by atoms with E-state index in [9.17, 15) is 0 Å². The van der Waals surface area contributed by atoms with E-state index in [-0.39, 0.29) is 0 Å². The summed E-state index contributed by atoms with van der Waals surface area (Å²) in [5.74, 6) is 0.928. The van der Waals surface area contributed by atoms with Crippen molar-refractivity contribution in [2.24, 2.45) is 5.41 Å². The molecule has 1 aromatic rings. The first kappa shape index (κ1) is 12.8. The van der Waals surface area contributed by atoms with Gasteiger partial charge in [-0.15, -0.1) is 0 Å². The molecule has 2 atom stereocenters. The topological polar surface area (TPSA) is 30.5 Å². The summed E-state index contributed by atoms with van der Waals surface area (Å²) >= 11 is 0. The van der Waals surface area contributed by atoms with E-state index in [2.05, 4.69) is 24.4 Å². The molecule has 19 heavy (non-hydrogen) atoms. The molecule has 0 bridgehead atoms. The minimum absolute atomic E-state index is 0.386. The second-order valence-electron chi connectivity index (χ2n) is 5.66. The Balaban J connectivity index is 1.71. The second kappa shape index (κ2) is 5.04. The third-order valence-electron chi connectivity index (χ3n) is 4.87. The van der Waals surface area contributed by atoms with Gasteiger partial charge in [0.1, 0.15) is 5.75 Å². The Bertz CT molecular complexity index is 442. The minimum atomic E-state index is 0.386. The Morgan fingerprint density at radius 1 is 1.32 bits per heavy atom. The van der Waals surface area contributed by atoms with Crippen LogP contribution in [0.2, 0.25) is 0 Å². The van der Waals surface area contributed by atoms with Crippen LogP contribution in [0, 0.1) is 5.41 Å². The zero-order chi connectivity index (χ0) is 13.3. The number of ether oxygens (including phenoxy) is 2. The van der Waals surface area contributed by atoms with Gasteiger partial charge in [-0.25, -0.2) is 0 Å². The summed E-state index contributed by atoms with van der Waals surface area (Å²) < 4.78 is 11.3. The Kier molecular flexibility index (Phi) is 3.40. The molecule has 2 saturated carbocycles. The smallest absolute Gasteiger partial charge is 0.141 e. The summed E-state index contributed by atoms with van der Waals surface area (Å²) in [5, 5.41) is 3.67. The number of methoxy groups -OCH3 is 1. The van der Waals surface area contributed by atoms with E-state index in [1.165, 1.54) is 19.3 Å². The second-order valence-corrected chi connectivity index (χ2v) is 5.66. The van der Waals surface area contributed by atoms with Gasteiger partial charge in [-0.3, -0.25) is 0 Å². The average molecular weight is 261 g/mol. The lowest BCUT2D eigenvalue weighted by atomic mass is 9.51. The number of hydrogen-bond acceptors (Lipinski definition) is 3. The number of anilines is 1. The van der Waals surface area contributed by atoms with Crippen LogP contribution in [-0.4, -0.2) is 25.9 Å². The van der Waals surface area contributed by atoms with Gasteiger partial charge >= 0.3 is 0 Å². The molecule has 0 saturated heterocycles. The van der Waals surface area contributed by atoms with Crippen molar-refractivity contribution in [3.05, 3.63) is 24.3 Å². The van der Waals surface area contributed by atoms with Crippen LogP contribution in [-0.2, 0) is 4.74 Å². The summed E-state index contributed by atoms with van der Waals surface area (Å²) in [4.78, 5) is 0. The molecule has 0 heterocycles. The summed E-state index contributed by atoms with van der Waals surface area (Å²) in [6.45, 7) is 2.92. The van der Waals surface area contributed by atoms with Gasteiger partial charge in [0.25, 0.3) is 0 Å². The molecule has 0 radical (unpaired) electrons. The van der Waals surface area contributed by atoms with Crippen molar-refractivity contribution in [2.45, 2.75) is 44.8 Å². The zero-order valence-corrected chi connectivity index (χ0v) is 11.8. The van der Waals surface area contributed by atoms with Gasteiger partial charge in [-0.1, -0.05) is 18.6 Å². The summed E-state index contributed by atoms with van der Waals surface area (Å²) in [6.07, 6.45) is 5.51. The quantitative estimate of drug-likeness (QED) is 0.880. The molecule has 3 heteroatoms. The summed E-state index contributed by atoms with van der Waals surface area (Å²) in [5.41, 5.74) is 1.49. The first-order valence-electron chi connectivity index (χ1n) is 7.31. The van der Waals surface area contributed by atoms with Crippen molar-refractivity contribution < 1.29 is 9.47 Å². The molecule has 3 rings (SSSR count). The summed E-state index contributed by atoms with van der Waals surface area (Å²) in [6, 6.07) is 8.70. The fourth-order valence-corrected chi connectivity index (χ4v) is 3.59. The van der Waals surface area contributed by atoms with Gasteiger partial charge in [0.15, 0.2) is 0 Å². The largest absolute Gasteiger partial charge is 0.495 e. The van der Waals surface area contributed by atoms with E-state index in [1.54, 1.807) is 7.11 Å². The lowest BCUT2D eigenvalue weighted by molar-refractivity contribution is -0.157. The number of nitrogens with one attached hydrogen (secondary N) is 1. The van der Waals surface area contributed by atoms with Crippen molar-refractivity contribution in [3.8, 4) is 5.75 Å². The SMILES string of the molecule is CCOC1CC(Nc2ccccc2OC)C12CCC2. The van der Waals surface area contributed by atoms with Crippen molar-refractivity contribution in [2.75, 3.05) is 19.0 Å². The highest BCUT2D eigenvalue weighted by Gasteiger charge is 2.58.